The minimum Gasteiger partial charge on any atom is -0.497 e. The topological polar surface area (TPSA) is 158 Å². The number of rotatable bonds is 4. The first-order valence-corrected chi connectivity index (χ1v) is 9.51. The number of nitrogens with zero attached hydrogens (tertiary/aromatic N) is 2. The van der Waals surface area contributed by atoms with Gasteiger partial charge in [0.1, 0.15) is 11.4 Å². The zero-order chi connectivity index (χ0) is 22.1. The van der Waals surface area contributed by atoms with Gasteiger partial charge >= 0.3 is 0 Å². The zero-order valence-electron chi connectivity index (χ0n) is 16.6. The van der Waals surface area contributed by atoms with E-state index in [1.165, 1.54) is 24.3 Å². The summed E-state index contributed by atoms with van der Waals surface area (Å²) in [6.07, 6.45) is 1.93. The third kappa shape index (κ3) is 6.14. The van der Waals surface area contributed by atoms with Crippen molar-refractivity contribution in [2.45, 2.75) is 31.4 Å². The third-order valence-electron chi connectivity index (χ3n) is 4.97. The van der Waals surface area contributed by atoms with Crippen LogP contribution in [0.5, 0.6) is 5.75 Å². The molecule has 2 heterocycles. The molecule has 0 spiro atoms. The number of carbonyl (C=O) groups is 4. The minimum atomic E-state index is -0.825. The summed E-state index contributed by atoms with van der Waals surface area (Å²) in [6, 6.07) is 2.60. The number of hydrogen-bond acceptors (Lipinski definition) is 7. The van der Waals surface area contributed by atoms with Gasteiger partial charge in [-0.2, -0.15) is 0 Å². The normalized spacial score (nSPS) is 23.3. The van der Waals surface area contributed by atoms with Crippen molar-refractivity contribution < 1.29 is 34.1 Å². The fourth-order valence-electron chi connectivity index (χ4n) is 3.53. The average Bonchev–Trinajstić information content (AvgIpc) is 2.95. The van der Waals surface area contributed by atoms with Crippen LogP contribution in [0.15, 0.2) is 18.3 Å². The van der Waals surface area contributed by atoms with E-state index in [-0.39, 0.29) is 36.9 Å². The fraction of sp³-hybridized carbons (Fsp3) is 0.526. The van der Waals surface area contributed by atoms with E-state index in [0.29, 0.717) is 31.7 Å². The molecule has 2 fully saturated rings. The fourth-order valence-corrected chi connectivity index (χ4v) is 3.53. The Labute approximate surface area is 173 Å². The molecule has 11 nitrogen and oxygen atoms in total. The molecule has 1 aromatic heterocycles. The molecule has 1 saturated heterocycles. The molecular formula is C19H26N4O7. The lowest BCUT2D eigenvalue weighted by Gasteiger charge is -2.22. The summed E-state index contributed by atoms with van der Waals surface area (Å²) in [5, 5.41) is 22.7. The van der Waals surface area contributed by atoms with Crippen molar-refractivity contribution in [3.05, 3.63) is 24.0 Å². The van der Waals surface area contributed by atoms with Crippen LogP contribution >= 0.6 is 0 Å². The number of carboxylic acid groups (broad SMARTS) is 1. The van der Waals surface area contributed by atoms with E-state index in [4.69, 9.17) is 14.6 Å². The van der Waals surface area contributed by atoms with Crippen LogP contribution in [0.2, 0.25) is 0 Å². The minimum absolute atomic E-state index is 0.0379. The molecular weight excluding hydrogens is 396 g/mol. The van der Waals surface area contributed by atoms with Crippen molar-refractivity contribution in [3.8, 4) is 5.75 Å². The molecule has 2 aliphatic rings. The summed E-state index contributed by atoms with van der Waals surface area (Å²) >= 11 is 0. The van der Waals surface area contributed by atoms with Crippen molar-refractivity contribution in [3.63, 3.8) is 0 Å². The average molecular weight is 422 g/mol. The molecule has 1 aromatic rings. The van der Waals surface area contributed by atoms with Crippen molar-refractivity contribution in [1.82, 2.24) is 20.5 Å². The Hall–Kier alpha value is -3.21. The maximum atomic E-state index is 12.7. The summed E-state index contributed by atoms with van der Waals surface area (Å²) in [5.41, 5.74) is 0.181. The van der Waals surface area contributed by atoms with E-state index >= 15 is 0 Å². The second kappa shape index (κ2) is 11.1. The maximum Gasteiger partial charge on any atom is 0.290 e. The monoisotopic (exact) mass is 422 g/mol. The van der Waals surface area contributed by atoms with E-state index in [9.17, 15) is 19.5 Å². The second-order valence-electron chi connectivity index (χ2n) is 6.97. The third-order valence-corrected chi connectivity index (χ3v) is 4.97. The van der Waals surface area contributed by atoms with E-state index in [1.807, 2.05) is 0 Å². The molecule has 11 heteroatoms. The van der Waals surface area contributed by atoms with Crippen molar-refractivity contribution >= 4 is 24.2 Å². The van der Waals surface area contributed by atoms with Crippen LogP contribution in [0, 0.1) is 5.92 Å². The van der Waals surface area contributed by atoms with Crippen LogP contribution in [0.25, 0.3) is 0 Å². The predicted octanol–water partition coefficient (Wildman–Crippen LogP) is -0.991. The second-order valence-corrected chi connectivity index (χ2v) is 6.97. The molecule has 1 aliphatic heterocycles. The Morgan fingerprint density at radius 1 is 1.40 bits per heavy atom. The number of aliphatic hydroxyl groups is 1. The number of ether oxygens (including phenoxy) is 1. The lowest BCUT2D eigenvalue weighted by Crippen LogP contribution is -2.41. The van der Waals surface area contributed by atoms with E-state index in [1.54, 1.807) is 6.07 Å². The summed E-state index contributed by atoms with van der Waals surface area (Å²) < 4.78 is 5.08. The van der Waals surface area contributed by atoms with Gasteiger partial charge in [-0.3, -0.25) is 24.2 Å². The van der Waals surface area contributed by atoms with Gasteiger partial charge in [0.05, 0.1) is 25.8 Å². The first-order valence-electron chi connectivity index (χ1n) is 9.51. The summed E-state index contributed by atoms with van der Waals surface area (Å²) in [6.45, 7) is 0.854. The number of carbonyl (C=O) groups excluding carboxylic acids is 3. The van der Waals surface area contributed by atoms with Crippen LogP contribution in [-0.4, -0.2) is 83.2 Å². The highest BCUT2D eigenvalue weighted by Crippen LogP contribution is 2.28. The first-order chi connectivity index (χ1) is 14.4. The number of nitrogens with one attached hydrogen (secondary N) is 2. The highest BCUT2D eigenvalue weighted by Gasteiger charge is 2.40. The molecule has 0 radical (unpaired) electrons. The Bertz CT molecular complexity index is 773. The number of amides is 3. The molecule has 4 N–H and O–H groups in total. The summed E-state index contributed by atoms with van der Waals surface area (Å²) in [4.78, 5) is 50.7. The number of methoxy groups -OCH3 is 1. The largest absolute Gasteiger partial charge is 0.497 e. The number of hydrogen-bond donors (Lipinski definition) is 4. The molecule has 30 heavy (non-hydrogen) atoms. The molecule has 1 aliphatic carbocycles. The van der Waals surface area contributed by atoms with Crippen LogP contribution in [-0.2, 0) is 14.4 Å². The first kappa shape index (κ1) is 23.1. The van der Waals surface area contributed by atoms with E-state index in [2.05, 4.69) is 15.6 Å². The van der Waals surface area contributed by atoms with Gasteiger partial charge < -0.3 is 30.5 Å². The number of aliphatic hydroxyl groups excluding tert-OH is 1. The van der Waals surface area contributed by atoms with Crippen LogP contribution in [0.3, 0.4) is 0 Å². The molecule has 0 bridgehead atoms. The van der Waals surface area contributed by atoms with Crippen molar-refractivity contribution in [2.75, 3.05) is 26.7 Å². The number of aromatic nitrogens is 1. The Kier molecular flexibility index (Phi) is 8.54. The SMILES string of the molecule is COc1ccnc(C(=O)N[C@H]2C[C@H](C(=O)N3CCCNC(=O)C3)C[C@@H]2O)c1.O=CO. The highest BCUT2D eigenvalue weighted by atomic mass is 16.5. The van der Waals surface area contributed by atoms with Gasteiger partial charge in [0.15, 0.2) is 0 Å². The standard InChI is InChI=1S/C18H24N4O5.CH2O2/c1-27-12-3-5-19-14(9-12)17(25)21-13-7-11(8-15(13)23)18(26)22-6-2-4-20-16(24)10-22;2-1-3/h3,5,9,11,13,15,23H,2,4,6-8,10H2,1H3,(H,20,24)(H,21,25);1H,(H,2,3)/t11-,13-,15-;/m0./s1. The van der Waals surface area contributed by atoms with Gasteiger partial charge in [0.25, 0.3) is 12.4 Å². The smallest absolute Gasteiger partial charge is 0.290 e. The Morgan fingerprint density at radius 2 is 2.13 bits per heavy atom. The van der Waals surface area contributed by atoms with Crippen molar-refractivity contribution in [1.29, 1.82) is 0 Å². The Morgan fingerprint density at radius 3 is 2.83 bits per heavy atom. The van der Waals surface area contributed by atoms with Gasteiger partial charge in [-0.15, -0.1) is 0 Å². The van der Waals surface area contributed by atoms with E-state index in [0.717, 1.165) is 0 Å². The quantitative estimate of drug-likeness (QED) is 0.450. The van der Waals surface area contributed by atoms with E-state index < -0.39 is 24.0 Å². The summed E-state index contributed by atoms with van der Waals surface area (Å²) in [5.74, 6) is -0.667. The zero-order valence-corrected chi connectivity index (χ0v) is 16.6. The molecule has 3 rings (SSSR count). The van der Waals surface area contributed by atoms with Crippen LogP contribution in [0.4, 0.5) is 0 Å². The number of pyridine rings is 1. The molecule has 3 amide bonds. The summed E-state index contributed by atoms with van der Waals surface area (Å²) in [7, 11) is 1.50. The maximum absolute atomic E-state index is 12.7. The highest BCUT2D eigenvalue weighted by molar-refractivity contribution is 5.93. The molecule has 164 valence electrons. The van der Waals surface area contributed by atoms with Gasteiger partial charge in [0, 0.05) is 31.3 Å². The van der Waals surface area contributed by atoms with Gasteiger partial charge in [-0.05, 0) is 25.3 Å². The lowest BCUT2D eigenvalue weighted by molar-refractivity contribution is -0.138. The Balaban J connectivity index is 0.00000101. The lowest BCUT2D eigenvalue weighted by atomic mass is 10.1. The predicted molar refractivity (Wildman–Crippen MR) is 104 cm³/mol. The molecule has 1 saturated carbocycles. The molecule has 3 atom stereocenters. The van der Waals surface area contributed by atoms with Gasteiger partial charge in [-0.1, -0.05) is 0 Å². The molecule has 0 aromatic carbocycles. The van der Waals surface area contributed by atoms with Gasteiger partial charge in [0.2, 0.25) is 11.8 Å². The molecule has 0 unspecified atom stereocenters. The van der Waals surface area contributed by atoms with Gasteiger partial charge in [-0.25, -0.2) is 0 Å². The van der Waals surface area contributed by atoms with Crippen molar-refractivity contribution in [2.24, 2.45) is 5.92 Å². The van der Waals surface area contributed by atoms with Crippen LogP contribution in [0.1, 0.15) is 29.8 Å². The van der Waals surface area contributed by atoms with Crippen LogP contribution < -0.4 is 15.4 Å².